The highest BCUT2D eigenvalue weighted by Gasteiger charge is 2.28. The molecule has 0 atom stereocenters. The number of phenols is 4. The van der Waals surface area contributed by atoms with Crippen LogP contribution in [0.3, 0.4) is 0 Å². The van der Waals surface area contributed by atoms with Gasteiger partial charge in [-0.1, -0.05) is 0 Å². The van der Waals surface area contributed by atoms with Crippen LogP contribution < -0.4 is 9.47 Å². The molecule has 0 aliphatic rings. The Hall–Kier alpha value is -4.20. The summed E-state index contributed by atoms with van der Waals surface area (Å²) in [4.78, 5) is 26.2. The Kier molecular flexibility index (Phi) is 6.93. The molecule has 8 heteroatoms. The van der Waals surface area contributed by atoms with Gasteiger partial charge in [-0.05, 0) is 95.3 Å². The van der Waals surface area contributed by atoms with Gasteiger partial charge < -0.3 is 29.9 Å². The highest BCUT2D eigenvalue weighted by molar-refractivity contribution is 5.99. The number of phenolic OH excluding ortho intramolecular Hbond substituents is 4. The number of hydrogen-bond donors (Lipinski definition) is 4. The van der Waals surface area contributed by atoms with Crippen molar-refractivity contribution in [2.45, 2.75) is 55.4 Å². The summed E-state index contributed by atoms with van der Waals surface area (Å²) < 4.78 is 11.2. The predicted molar refractivity (Wildman–Crippen MR) is 134 cm³/mol. The lowest BCUT2D eigenvalue weighted by Gasteiger charge is -2.20. The van der Waals surface area contributed by atoms with Crippen LogP contribution in [0.4, 0.5) is 0 Å². The summed E-state index contributed by atoms with van der Waals surface area (Å²) in [5.41, 5.74) is 2.91. The SMILES string of the molecule is Cc1cc(O)c(C)c(OC(=O)c2c(C)c(C)c(OC(=O)c3c(C)cc(O)c(C)c3O)c(C)c2O)c1C. The molecule has 8 nitrogen and oxygen atoms in total. The smallest absolute Gasteiger partial charge is 0.347 e. The number of rotatable bonds is 4. The number of hydrogen-bond acceptors (Lipinski definition) is 8. The number of benzene rings is 3. The van der Waals surface area contributed by atoms with Gasteiger partial charge in [-0.15, -0.1) is 0 Å². The third kappa shape index (κ3) is 4.30. The summed E-state index contributed by atoms with van der Waals surface area (Å²) in [6.45, 7) is 12.9. The van der Waals surface area contributed by atoms with E-state index in [1.807, 2.05) is 0 Å². The Balaban J connectivity index is 2.05. The van der Waals surface area contributed by atoms with Gasteiger partial charge in [-0.3, -0.25) is 0 Å². The molecule has 4 N–H and O–H groups in total. The quantitative estimate of drug-likeness (QED) is 0.279. The van der Waals surface area contributed by atoms with Crippen molar-refractivity contribution in [1.29, 1.82) is 0 Å². The van der Waals surface area contributed by atoms with Gasteiger partial charge in [0, 0.05) is 16.7 Å². The molecule has 0 saturated heterocycles. The summed E-state index contributed by atoms with van der Waals surface area (Å²) in [6, 6.07) is 2.93. The van der Waals surface area contributed by atoms with Crippen LogP contribution in [-0.2, 0) is 0 Å². The number of carbonyl (C=O) groups excluding carboxylic acids is 2. The molecule has 0 aromatic heterocycles. The first-order valence-corrected chi connectivity index (χ1v) is 11.3. The molecule has 190 valence electrons. The summed E-state index contributed by atoms with van der Waals surface area (Å²) in [7, 11) is 0. The van der Waals surface area contributed by atoms with E-state index >= 15 is 0 Å². The maximum atomic E-state index is 13.2. The zero-order valence-corrected chi connectivity index (χ0v) is 21.6. The fourth-order valence-corrected chi connectivity index (χ4v) is 4.09. The van der Waals surface area contributed by atoms with Gasteiger partial charge in [0.25, 0.3) is 0 Å². The van der Waals surface area contributed by atoms with Crippen LogP contribution in [-0.4, -0.2) is 32.4 Å². The second kappa shape index (κ2) is 9.45. The number of carbonyl (C=O) groups is 2. The van der Waals surface area contributed by atoms with Crippen molar-refractivity contribution in [3.05, 3.63) is 67.8 Å². The van der Waals surface area contributed by atoms with Gasteiger partial charge in [0.15, 0.2) is 0 Å². The van der Waals surface area contributed by atoms with Crippen molar-refractivity contribution in [3.8, 4) is 34.5 Å². The maximum absolute atomic E-state index is 13.2. The minimum atomic E-state index is -0.880. The fourth-order valence-electron chi connectivity index (χ4n) is 4.09. The molecule has 3 aromatic rings. The first-order chi connectivity index (χ1) is 16.7. The average molecular weight is 495 g/mol. The minimum Gasteiger partial charge on any atom is -0.508 e. The average Bonchev–Trinajstić information content (AvgIpc) is 2.80. The Morgan fingerprint density at radius 2 is 0.972 bits per heavy atom. The second-order valence-corrected chi connectivity index (χ2v) is 9.06. The molecule has 0 heterocycles. The molecule has 0 bridgehead atoms. The van der Waals surface area contributed by atoms with Crippen molar-refractivity contribution in [2.75, 3.05) is 0 Å². The third-order valence-electron chi connectivity index (χ3n) is 6.74. The van der Waals surface area contributed by atoms with Gasteiger partial charge in [0.05, 0.1) is 0 Å². The lowest BCUT2D eigenvalue weighted by atomic mass is 9.96. The van der Waals surface area contributed by atoms with Crippen LogP contribution >= 0.6 is 0 Å². The van der Waals surface area contributed by atoms with E-state index in [4.69, 9.17) is 9.47 Å². The monoisotopic (exact) mass is 494 g/mol. The lowest BCUT2D eigenvalue weighted by Crippen LogP contribution is -2.17. The van der Waals surface area contributed by atoms with E-state index in [9.17, 15) is 30.0 Å². The van der Waals surface area contributed by atoms with Gasteiger partial charge in [0.2, 0.25) is 0 Å². The normalized spacial score (nSPS) is 10.9. The van der Waals surface area contributed by atoms with Crippen LogP contribution in [0.2, 0.25) is 0 Å². The van der Waals surface area contributed by atoms with Crippen LogP contribution in [0.1, 0.15) is 65.2 Å². The van der Waals surface area contributed by atoms with Gasteiger partial charge >= 0.3 is 11.9 Å². The van der Waals surface area contributed by atoms with E-state index in [-0.39, 0.29) is 45.3 Å². The first-order valence-electron chi connectivity index (χ1n) is 11.3. The highest BCUT2D eigenvalue weighted by Crippen LogP contribution is 2.41. The summed E-state index contributed by atoms with van der Waals surface area (Å²) >= 11 is 0. The van der Waals surface area contributed by atoms with E-state index in [0.29, 0.717) is 27.8 Å². The van der Waals surface area contributed by atoms with Crippen molar-refractivity contribution in [1.82, 2.24) is 0 Å². The summed E-state index contributed by atoms with van der Waals surface area (Å²) in [5, 5.41) is 41.4. The molecule has 0 radical (unpaired) electrons. The topological polar surface area (TPSA) is 134 Å². The van der Waals surface area contributed by atoms with E-state index in [0.717, 1.165) is 5.56 Å². The molecule has 0 amide bonds. The Morgan fingerprint density at radius 3 is 1.56 bits per heavy atom. The molecule has 3 aromatic carbocycles. The Bertz CT molecular complexity index is 1380. The van der Waals surface area contributed by atoms with Crippen molar-refractivity contribution in [2.24, 2.45) is 0 Å². The van der Waals surface area contributed by atoms with E-state index < -0.39 is 23.4 Å². The fraction of sp³-hybridized carbons (Fsp3) is 0.286. The zero-order chi connectivity index (χ0) is 27.2. The number of aromatic hydroxyl groups is 4. The third-order valence-corrected chi connectivity index (χ3v) is 6.74. The molecule has 36 heavy (non-hydrogen) atoms. The van der Waals surface area contributed by atoms with Gasteiger partial charge in [-0.25, -0.2) is 9.59 Å². The predicted octanol–water partition coefficient (Wildman–Crippen LogP) is 5.41. The van der Waals surface area contributed by atoms with Crippen molar-refractivity contribution in [3.63, 3.8) is 0 Å². The Morgan fingerprint density at radius 1 is 0.528 bits per heavy atom. The largest absolute Gasteiger partial charge is 0.508 e. The van der Waals surface area contributed by atoms with Crippen LogP contribution in [0.5, 0.6) is 34.5 Å². The molecule has 0 unspecified atom stereocenters. The molecule has 0 aliphatic carbocycles. The van der Waals surface area contributed by atoms with Gasteiger partial charge in [-0.2, -0.15) is 0 Å². The van der Waals surface area contributed by atoms with Crippen molar-refractivity contribution < 1.29 is 39.5 Å². The lowest BCUT2D eigenvalue weighted by molar-refractivity contribution is 0.0725. The first kappa shape index (κ1) is 26.4. The van der Waals surface area contributed by atoms with E-state index in [2.05, 4.69) is 0 Å². The highest BCUT2D eigenvalue weighted by atomic mass is 16.5. The van der Waals surface area contributed by atoms with Gasteiger partial charge in [0.1, 0.15) is 45.6 Å². The van der Waals surface area contributed by atoms with E-state index in [1.165, 1.54) is 19.9 Å². The van der Waals surface area contributed by atoms with Crippen LogP contribution in [0, 0.1) is 55.4 Å². The molecular weight excluding hydrogens is 464 g/mol. The summed E-state index contributed by atoms with van der Waals surface area (Å²) in [5.74, 6) is -2.45. The zero-order valence-electron chi connectivity index (χ0n) is 21.6. The standard InChI is InChI=1S/C28H30O8/c1-11-9-20(30)17(7)25(13(11)3)35-28(34)22-14(4)15(5)26(18(8)24(22)32)36-27(33)21-12(2)10-19(29)16(6)23(21)31/h9-10,29-32H,1-8H3. The second-order valence-electron chi connectivity index (χ2n) is 9.06. The van der Waals surface area contributed by atoms with Crippen LogP contribution in [0.15, 0.2) is 12.1 Å². The minimum absolute atomic E-state index is 0.0144. The number of ether oxygens (including phenoxy) is 2. The molecule has 3 rings (SSSR count). The molecule has 0 spiro atoms. The van der Waals surface area contributed by atoms with Crippen LogP contribution in [0.25, 0.3) is 0 Å². The number of esters is 2. The van der Waals surface area contributed by atoms with E-state index in [1.54, 1.807) is 47.6 Å². The van der Waals surface area contributed by atoms with Crippen molar-refractivity contribution >= 4 is 11.9 Å². The molecule has 0 aliphatic heterocycles. The number of aryl methyl sites for hydroxylation is 2. The molecular formula is C28H30O8. The Labute approximate surface area is 209 Å². The molecule has 0 fully saturated rings. The summed E-state index contributed by atoms with van der Waals surface area (Å²) in [6.07, 6.45) is 0. The maximum Gasteiger partial charge on any atom is 0.347 e. The molecule has 0 saturated carbocycles.